The van der Waals surface area contributed by atoms with E-state index < -0.39 is 16.6 Å². The molecule has 0 atom stereocenters. The molecule has 0 aliphatic heterocycles. The molecule has 2 aromatic rings. The van der Waals surface area contributed by atoms with E-state index in [2.05, 4.69) is 10.4 Å². The van der Waals surface area contributed by atoms with Crippen LogP contribution in [0.15, 0.2) is 24.5 Å². The maximum atomic E-state index is 13.9. The molecular formula is C13H13FN4O3. The van der Waals surface area contributed by atoms with E-state index in [1.54, 1.807) is 24.1 Å². The summed E-state index contributed by atoms with van der Waals surface area (Å²) < 4.78 is 15.5. The van der Waals surface area contributed by atoms with Gasteiger partial charge in [-0.3, -0.25) is 19.6 Å². The minimum atomic E-state index is -0.760. The van der Waals surface area contributed by atoms with Crippen LogP contribution in [0, 0.1) is 22.9 Å². The first-order valence-electron chi connectivity index (χ1n) is 6.08. The summed E-state index contributed by atoms with van der Waals surface area (Å²) in [6, 6.07) is 2.02. The third kappa shape index (κ3) is 3.22. The number of carbonyl (C=O) groups excluding carboxylic acids is 1. The van der Waals surface area contributed by atoms with Crippen molar-refractivity contribution < 1.29 is 14.1 Å². The molecule has 7 nitrogen and oxygen atoms in total. The Morgan fingerprint density at radius 1 is 1.52 bits per heavy atom. The van der Waals surface area contributed by atoms with Gasteiger partial charge in [-0.05, 0) is 12.5 Å². The Morgan fingerprint density at radius 3 is 2.81 bits per heavy atom. The largest absolute Gasteiger partial charge is 0.348 e. The smallest absolute Gasteiger partial charge is 0.270 e. The van der Waals surface area contributed by atoms with Crippen LogP contribution in [-0.4, -0.2) is 20.6 Å². The van der Waals surface area contributed by atoms with Crippen LogP contribution < -0.4 is 5.32 Å². The number of aromatic nitrogens is 2. The van der Waals surface area contributed by atoms with E-state index in [-0.39, 0.29) is 23.4 Å². The Kier molecular flexibility index (Phi) is 3.97. The van der Waals surface area contributed by atoms with Gasteiger partial charge in [-0.2, -0.15) is 5.10 Å². The summed E-state index contributed by atoms with van der Waals surface area (Å²) in [7, 11) is 1.73. The summed E-state index contributed by atoms with van der Waals surface area (Å²) in [4.78, 5) is 22.1. The molecule has 0 unspecified atom stereocenters. The van der Waals surface area contributed by atoms with Crippen LogP contribution in [0.2, 0.25) is 0 Å². The van der Waals surface area contributed by atoms with Gasteiger partial charge in [0.05, 0.1) is 16.7 Å². The minimum Gasteiger partial charge on any atom is -0.348 e. The van der Waals surface area contributed by atoms with Crippen molar-refractivity contribution in [3.8, 4) is 0 Å². The van der Waals surface area contributed by atoms with Gasteiger partial charge in [-0.15, -0.1) is 0 Å². The molecule has 1 aromatic heterocycles. The number of hydrogen-bond donors (Lipinski definition) is 1. The van der Waals surface area contributed by atoms with Crippen molar-refractivity contribution in [2.75, 3.05) is 0 Å². The average molecular weight is 292 g/mol. The molecule has 0 saturated heterocycles. The molecule has 110 valence electrons. The predicted molar refractivity (Wildman–Crippen MR) is 72.2 cm³/mol. The third-order valence-corrected chi connectivity index (χ3v) is 2.91. The van der Waals surface area contributed by atoms with Crippen LogP contribution in [0.5, 0.6) is 0 Å². The van der Waals surface area contributed by atoms with E-state index in [0.29, 0.717) is 0 Å². The summed E-state index contributed by atoms with van der Waals surface area (Å²) in [5.41, 5.74) is 0.134. The van der Waals surface area contributed by atoms with E-state index in [0.717, 1.165) is 17.7 Å². The van der Waals surface area contributed by atoms with Crippen LogP contribution >= 0.6 is 0 Å². The zero-order chi connectivity index (χ0) is 15.6. The van der Waals surface area contributed by atoms with Gasteiger partial charge < -0.3 is 5.32 Å². The van der Waals surface area contributed by atoms with E-state index in [1.807, 2.05) is 0 Å². The topological polar surface area (TPSA) is 90.1 Å². The molecule has 0 radical (unpaired) electrons. The Morgan fingerprint density at radius 2 is 2.24 bits per heavy atom. The van der Waals surface area contributed by atoms with E-state index >= 15 is 0 Å². The highest BCUT2D eigenvalue weighted by molar-refractivity contribution is 5.95. The monoisotopic (exact) mass is 292 g/mol. The number of nitro groups is 1. The fraction of sp³-hybridized carbons (Fsp3) is 0.231. The molecule has 0 saturated carbocycles. The lowest BCUT2D eigenvalue weighted by Gasteiger charge is -2.07. The van der Waals surface area contributed by atoms with Gasteiger partial charge in [-0.1, -0.05) is 0 Å². The first-order valence-corrected chi connectivity index (χ1v) is 6.08. The second kappa shape index (κ2) is 5.70. The summed E-state index contributed by atoms with van der Waals surface area (Å²) in [6.07, 6.45) is 3.27. The second-order valence-corrected chi connectivity index (χ2v) is 4.59. The molecule has 0 aliphatic rings. The highest BCUT2D eigenvalue weighted by atomic mass is 19.1. The van der Waals surface area contributed by atoms with Crippen molar-refractivity contribution in [1.82, 2.24) is 15.1 Å². The van der Waals surface area contributed by atoms with Gasteiger partial charge in [0, 0.05) is 37.5 Å². The SMILES string of the molecule is Cc1cc([N+](=O)[O-])cc(C(=O)NCc2cnn(C)c2)c1F. The lowest BCUT2D eigenvalue weighted by molar-refractivity contribution is -0.385. The lowest BCUT2D eigenvalue weighted by Crippen LogP contribution is -2.24. The van der Waals surface area contributed by atoms with Crippen LogP contribution in [0.1, 0.15) is 21.5 Å². The summed E-state index contributed by atoms with van der Waals surface area (Å²) in [5.74, 6) is -1.47. The van der Waals surface area contributed by atoms with Crippen LogP contribution in [0.25, 0.3) is 0 Å². The number of non-ortho nitro benzene ring substituents is 1. The molecule has 1 N–H and O–H groups in total. The standard InChI is InChI=1S/C13H13FN4O3/c1-8-3-10(18(20)21)4-11(12(8)14)13(19)15-5-9-6-16-17(2)7-9/h3-4,6-7H,5H2,1-2H3,(H,15,19). The molecule has 2 rings (SSSR count). The molecule has 1 heterocycles. The number of rotatable bonds is 4. The molecule has 21 heavy (non-hydrogen) atoms. The minimum absolute atomic E-state index is 0.0516. The number of nitrogens with zero attached hydrogens (tertiary/aromatic N) is 3. The van der Waals surface area contributed by atoms with E-state index in [1.165, 1.54) is 6.92 Å². The number of hydrogen-bond acceptors (Lipinski definition) is 4. The number of nitro benzene ring substituents is 1. The maximum absolute atomic E-state index is 13.9. The molecule has 1 amide bonds. The lowest BCUT2D eigenvalue weighted by atomic mass is 10.1. The van der Waals surface area contributed by atoms with Crippen molar-refractivity contribution in [3.05, 3.63) is 57.1 Å². The van der Waals surface area contributed by atoms with Crippen molar-refractivity contribution in [3.63, 3.8) is 0 Å². The Hall–Kier alpha value is -2.77. The number of halogens is 1. The normalized spacial score (nSPS) is 10.4. The Labute approximate surface area is 119 Å². The first-order chi connectivity index (χ1) is 9.88. The van der Waals surface area contributed by atoms with Crippen molar-refractivity contribution in [2.45, 2.75) is 13.5 Å². The number of aryl methyl sites for hydroxylation is 2. The van der Waals surface area contributed by atoms with Gasteiger partial charge in [0.1, 0.15) is 5.82 Å². The predicted octanol–water partition coefficient (Wildman–Crippen LogP) is 1.71. The van der Waals surface area contributed by atoms with Crippen molar-refractivity contribution >= 4 is 11.6 Å². The maximum Gasteiger partial charge on any atom is 0.270 e. The average Bonchev–Trinajstić information content (AvgIpc) is 2.84. The van der Waals surface area contributed by atoms with Gasteiger partial charge in [0.25, 0.3) is 11.6 Å². The number of carbonyl (C=O) groups is 1. The molecule has 0 fully saturated rings. The zero-order valence-corrected chi connectivity index (χ0v) is 11.5. The Balaban J connectivity index is 2.20. The zero-order valence-electron chi connectivity index (χ0n) is 11.5. The van der Waals surface area contributed by atoms with Crippen LogP contribution in [-0.2, 0) is 13.6 Å². The molecular weight excluding hydrogens is 279 g/mol. The summed E-state index contributed by atoms with van der Waals surface area (Å²) >= 11 is 0. The number of amides is 1. The van der Waals surface area contributed by atoms with Crippen LogP contribution in [0.3, 0.4) is 0 Å². The second-order valence-electron chi connectivity index (χ2n) is 4.59. The number of benzene rings is 1. The molecule has 1 aromatic carbocycles. The fourth-order valence-corrected chi connectivity index (χ4v) is 1.86. The number of nitrogens with one attached hydrogen (secondary N) is 1. The summed E-state index contributed by atoms with van der Waals surface area (Å²) in [5, 5.41) is 17.2. The fourth-order valence-electron chi connectivity index (χ4n) is 1.86. The first kappa shape index (κ1) is 14.6. The molecule has 0 spiro atoms. The van der Waals surface area contributed by atoms with E-state index in [4.69, 9.17) is 0 Å². The van der Waals surface area contributed by atoms with E-state index in [9.17, 15) is 19.3 Å². The quantitative estimate of drug-likeness (QED) is 0.686. The van der Waals surface area contributed by atoms with Gasteiger partial charge in [0.2, 0.25) is 0 Å². The van der Waals surface area contributed by atoms with Crippen molar-refractivity contribution in [2.24, 2.45) is 7.05 Å². The molecule has 8 heteroatoms. The molecule has 0 bridgehead atoms. The van der Waals surface area contributed by atoms with Crippen molar-refractivity contribution in [1.29, 1.82) is 0 Å². The van der Waals surface area contributed by atoms with Gasteiger partial charge in [0.15, 0.2) is 0 Å². The molecule has 0 aliphatic carbocycles. The van der Waals surface area contributed by atoms with Gasteiger partial charge in [-0.25, -0.2) is 4.39 Å². The highest BCUT2D eigenvalue weighted by Crippen LogP contribution is 2.21. The summed E-state index contributed by atoms with van der Waals surface area (Å²) in [6.45, 7) is 1.54. The third-order valence-electron chi connectivity index (χ3n) is 2.91. The van der Waals surface area contributed by atoms with Crippen LogP contribution in [0.4, 0.5) is 10.1 Å². The van der Waals surface area contributed by atoms with Gasteiger partial charge >= 0.3 is 0 Å². The highest BCUT2D eigenvalue weighted by Gasteiger charge is 2.19. The Bertz CT molecular complexity index is 711.